The highest BCUT2D eigenvalue weighted by molar-refractivity contribution is 5.93. The molecule has 0 fully saturated rings. The van der Waals surface area contributed by atoms with Crippen LogP contribution in [0.3, 0.4) is 0 Å². The van der Waals surface area contributed by atoms with E-state index in [0.29, 0.717) is 0 Å². The van der Waals surface area contributed by atoms with Gasteiger partial charge in [-0.3, -0.25) is 4.79 Å². The van der Waals surface area contributed by atoms with Crippen LogP contribution in [0.5, 0.6) is 0 Å². The van der Waals surface area contributed by atoms with Gasteiger partial charge in [-0.25, -0.2) is 0 Å². The van der Waals surface area contributed by atoms with E-state index in [2.05, 4.69) is 6.58 Å². The molecule has 0 atom stereocenters. The molecular weight excluding hydrogens is 211 g/mol. The third-order valence-corrected chi connectivity index (χ3v) is 1.56. The lowest BCUT2D eigenvalue weighted by Gasteiger charge is -2.10. The number of halogens is 3. The van der Waals surface area contributed by atoms with Crippen molar-refractivity contribution in [3.63, 3.8) is 0 Å². The molecule has 1 amide bonds. The Hall–Kier alpha value is -1.46. The van der Waals surface area contributed by atoms with E-state index in [0.717, 1.165) is 0 Å². The van der Waals surface area contributed by atoms with E-state index in [1.54, 1.807) is 5.32 Å². The predicted octanol–water partition coefficient (Wildman–Crippen LogP) is 1.77. The number of allylic oxidation sites excluding steroid dienone is 1. The lowest BCUT2D eigenvalue weighted by molar-refractivity contribution is -0.136. The van der Waals surface area contributed by atoms with Crippen LogP contribution in [-0.4, -0.2) is 25.7 Å². The number of rotatable bonds is 4. The van der Waals surface area contributed by atoms with E-state index < -0.39 is 18.6 Å². The summed E-state index contributed by atoms with van der Waals surface area (Å²) in [6, 6.07) is 0. The fourth-order valence-corrected chi connectivity index (χ4v) is 0.814. The van der Waals surface area contributed by atoms with E-state index in [9.17, 15) is 18.0 Å². The summed E-state index contributed by atoms with van der Waals surface area (Å²) < 4.78 is 40.0. The molecule has 0 aliphatic heterocycles. The van der Waals surface area contributed by atoms with Gasteiger partial charge in [-0.05, 0) is 13.0 Å². The molecular formula is C9H12F3NO2. The normalized spacial score (nSPS) is 12.9. The van der Waals surface area contributed by atoms with Crippen LogP contribution in [0.2, 0.25) is 0 Å². The summed E-state index contributed by atoms with van der Waals surface area (Å²) in [7, 11) is 1.30. The molecule has 0 rings (SSSR count). The minimum Gasteiger partial charge on any atom is -0.496 e. The maximum atomic E-state index is 11.8. The van der Waals surface area contributed by atoms with Gasteiger partial charge in [0.05, 0.1) is 12.7 Å². The lowest BCUT2D eigenvalue weighted by atomic mass is 10.2. The van der Waals surface area contributed by atoms with Crippen LogP contribution in [0.15, 0.2) is 24.0 Å². The molecule has 0 aliphatic carbocycles. The molecule has 0 aromatic carbocycles. The molecule has 3 nitrogen and oxygen atoms in total. The van der Waals surface area contributed by atoms with Gasteiger partial charge in [0.25, 0.3) is 5.91 Å². The molecule has 0 radical (unpaired) electrons. The summed E-state index contributed by atoms with van der Waals surface area (Å²) in [5.74, 6) is -0.682. The minimum absolute atomic E-state index is 0.0525. The monoisotopic (exact) mass is 223 g/mol. The Morgan fingerprint density at radius 1 is 1.53 bits per heavy atom. The number of amides is 1. The molecule has 0 bridgehead atoms. The van der Waals surface area contributed by atoms with Crippen molar-refractivity contribution in [1.29, 1.82) is 0 Å². The van der Waals surface area contributed by atoms with Crippen LogP contribution in [-0.2, 0) is 9.53 Å². The Kier molecular flexibility index (Phi) is 4.90. The summed E-state index contributed by atoms with van der Waals surface area (Å²) in [6.07, 6.45) is -3.17. The number of alkyl halides is 3. The first-order valence-corrected chi connectivity index (χ1v) is 4.04. The largest absolute Gasteiger partial charge is 0.496 e. The number of ether oxygens (including phenoxy) is 1. The number of hydrogen-bond donors (Lipinski definition) is 1. The molecule has 0 saturated carbocycles. The summed E-state index contributed by atoms with van der Waals surface area (Å²) in [5, 5.41) is 1.72. The smallest absolute Gasteiger partial charge is 0.405 e. The van der Waals surface area contributed by atoms with Crippen molar-refractivity contribution < 1.29 is 22.7 Å². The Balaban J connectivity index is 4.46. The average Bonchev–Trinajstić information content (AvgIpc) is 2.14. The molecule has 0 aliphatic rings. The zero-order chi connectivity index (χ0) is 12.1. The quantitative estimate of drug-likeness (QED) is 0.448. The van der Waals surface area contributed by atoms with E-state index in [4.69, 9.17) is 4.74 Å². The molecule has 86 valence electrons. The number of methoxy groups -OCH3 is 1. The van der Waals surface area contributed by atoms with Crippen LogP contribution in [0.25, 0.3) is 0 Å². The van der Waals surface area contributed by atoms with Gasteiger partial charge in [0.1, 0.15) is 12.3 Å². The van der Waals surface area contributed by atoms with Crippen LogP contribution < -0.4 is 5.32 Å². The van der Waals surface area contributed by atoms with E-state index in [1.807, 2.05) is 0 Å². The number of nitrogens with one attached hydrogen (secondary N) is 1. The Morgan fingerprint density at radius 2 is 2.07 bits per heavy atom. The number of carbonyl (C=O) groups is 1. The predicted molar refractivity (Wildman–Crippen MR) is 49.0 cm³/mol. The molecule has 1 N–H and O–H groups in total. The first-order chi connectivity index (χ1) is 6.81. The van der Waals surface area contributed by atoms with Gasteiger partial charge in [-0.1, -0.05) is 6.58 Å². The molecule has 0 unspecified atom stereocenters. The van der Waals surface area contributed by atoms with Gasteiger partial charge in [-0.15, -0.1) is 0 Å². The van der Waals surface area contributed by atoms with Crippen LogP contribution >= 0.6 is 0 Å². The van der Waals surface area contributed by atoms with Crippen LogP contribution in [0.1, 0.15) is 6.92 Å². The summed E-state index contributed by atoms with van der Waals surface area (Å²) >= 11 is 0. The molecule has 0 spiro atoms. The second kappa shape index (κ2) is 5.43. The Morgan fingerprint density at radius 3 is 2.40 bits per heavy atom. The topological polar surface area (TPSA) is 38.3 Å². The van der Waals surface area contributed by atoms with Crippen LogP contribution in [0.4, 0.5) is 13.2 Å². The van der Waals surface area contributed by atoms with Crippen molar-refractivity contribution in [1.82, 2.24) is 5.32 Å². The fourth-order valence-electron chi connectivity index (χ4n) is 0.814. The van der Waals surface area contributed by atoms with Crippen molar-refractivity contribution in [2.75, 3.05) is 13.7 Å². The van der Waals surface area contributed by atoms with E-state index in [-0.39, 0.29) is 11.3 Å². The standard InChI is InChI=1S/C9H12F3NO2/c1-4-7(15-3)6(2)8(14)13-5-9(10,11)12/h4H,1,5H2,2-3H3,(H,13,14)/b7-6-. The first kappa shape index (κ1) is 13.5. The lowest BCUT2D eigenvalue weighted by Crippen LogP contribution is -2.34. The maximum Gasteiger partial charge on any atom is 0.405 e. The van der Waals surface area contributed by atoms with E-state index >= 15 is 0 Å². The highest BCUT2D eigenvalue weighted by Crippen LogP contribution is 2.13. The van der Waals surface area contributed by atoms with Crippen molar-refractivity contribution in [2.24, 2.45) is 0 Å². The van der Waals surface area contributed by atoms with Gasteiger partial charge in [-0.2, -0.15) is 13.2 Å². The van der Waals surface area contributed by atoms with Crippen molar-refractivity contribution in [3.8, 4) is 0 Å². The van der Waals surface area contributed by atoms with Gasteiger partial charge in [0.15, 0.2) is 0 Å². The average molecular weight is 223 g/mol. The minimum atomic E-state index is -4.42. The van der Waals surface area contributed by atoms with Crippen molar-refractivity contribution in [3.05, 3.63) is 24.0 Å². The zero-order valence-corrected chi connectivity index (χ0v) is 8.44. The molecule has 0 aromatic heterocycles. The molecule has 0 heterocycles. The summed E-state index contributed by atoms with van der Waals surface area (Å²) in [4.78, 5) is 11.2. The third kappa shape index (κ3) is 5.09. The molecule has 0 saturated heterocycles. The summed E-state index contributed by atoms with van der Waals surface area (Å²) in [5.41, 5.74) is 0.0525. The molecule has 6 heteroatoms. The van der Waals surface area contributed by atoms with Crippen molar-refractivity contribution in [2.45, 2.75) is 13.1 Å². The zero-order valence-electron chi connectivity index (χ0n) is 8.44. The second-order valence-electron chi connectivity index (χ2n) is 2.70. The van der Waals surface area contributed by atoms with Crippen LogP contribution in [0, 0.1) is 0 Å². The highest BCUT2D eigenvalue weighted by atomic mass is 19.4. The highest BCUT2D eigenvalue weighted by Gasteiger charge is 2.28. The second-order valence-corrected chi connectivity index (χ2v) is 2.70. The fraction of sp³-hybridized carbons (Fsp3) is 0.444. The first-order valence-electron chi connectivity index (χ1n) is 4.04. The van der Waals surface area contributed by atoms with Gasteiger partial charge in [0, 0.05) is 0 Å². The van der Waals surface area contributed by atoms with Gasteiger partial charge >= 0.3 is 6.18 Å². The Labute approximate surface area is 85.6 Å². The van der Waals surface area contributed by atoms with Crippen molar-refractivity contribution >= 4 is 5.91 Å². The third-order valence-electron chi connectivity index (χ3n) is 1.56. The Bertz CT molecular complexity index is 282. The molecule has 0 aromatic rings. The van der Waals surface area contributed by atoms with Gasteiger partial charge < -0.3 is 10.1 Å². The molecule has 15 heavy (non-hydrogen) atoms. The maximum absolute atomic E-state index is 11.8. The van der Waals surface area contributed by atoms with E-state index in [1.165, 1.54) is 20.1 Å². The van der Waals surface area contributed by atoms with Gasteiger partial charge in [0.2, 0.25) is 0 Å². The summed E-state index contributed by atoms with van der Waals surface area (Å²) in [6.45, 7) is 3.35. The number of hydrogen-bond acceptors (Lipinski definition) is 2. The number of carbonyl (C=O) groups excluding carboxylic acids is 1. The SMILES string of the molecule is C=C/C(OC)=C(\C)C(=O)NCC(F)(F)F.